The third kappa shape index (κ3) is 5.33. The van der Waals surface area contributed by atoms with Crippen molar-refractivity contribution in [1.29, 1.82) is 0 Å². The van der Waals surface area contributed by atoms with Gasteiger partial charge in [-0.1, -0.05) is 18.2 Å². The Morgan fingerprint density at radius 1 is 1.03 bits per heavy atom. The van der Waals surface area contributed by atoms with E-state index < -0.39 is 5.54 Å². The van der Waals surface area contributed by atoms with Crippen LogP contribution in [-0.4, -0.2) is 37.2 Å². The topological polar surface area (TPSA) is 86.5 Å². The molecule has 0 spiro atoms. The average molecular weight is 452 g/mol. The molecule has 1 amide bonds. The van der Waals surface area contributed by atoms with Crippen LogP contribution in [0.15, 0.2) is 48.5 Å². The molecular formula is C22H27Cl2N3O3. The van der Waals surface area contributed by atoms with Crippen molar-refractivity contribution in [3.63, 3.8) is 0 Å². The van der Waals surface area contributed by atoms with Gasteiger partial charge in [0.25, 0.3) is 5.91 Å². The van der Waals surface area contributed by atoms with Gasteiger partial charge in [-0.2, -0.15) is 0 Å². The number of benzene rings is 2. The van der Waals surface area contributed by atoms with Crippen LogP contribution in [0.1, 0.15) is 24.2 Å². The maximum atomic E-state index is 13.0. The lowest BCUT2D eigenvalue weighted by molar-refractivity contribution is 0.0917. The Morgan fingerprint density at radius 2 is 1.70 bits per heavy atom. The van der Waals surface area contributed by atoms with Crippen LogP contribution in [0.25, 0.3) is 22.2 Å². The van der Waals surface area contributed by atoms with E-state index in [2.05, 4.69) is 5.32 Å². The fraction of sp³-hybridized carbons (Fsp3) is 0.273. The Labute approximate surface area is 189 Å². The van der Waals surface area contributed by atoms with Crippen LogP contribution in [0.4, 0.5) is 0 Å². The van der Waals surface area contributed by atoms with E-state index in [1.54, 1.807) is 20.3 Å². The lowest BCUT2D eigenvalue weighted by atomic mass is 10.0. The second-order valence-electron chi connectivity index (χ2n) is 7.18. The van der Waals surface area contributed by atoms with Gasteiger partial charge in [0.1, 0.15) is 0 Å². The molecule has 1 aromatic heterocycles. The quantitative estimate of drug-likeness (QED) is 0.585. The number of hydrogen-bond acceptors (Lipinski definition) is 5. The number of methoxy groups -OCH3 is 2. The number of carbonyl (C=O) groups is 1. The number of halogens is 2. The van der Waals surface area contributed by atoms with E-state index in [0.29, 0.717) is 29.3 Å². The summed E-state index contributed by atoms with van der Waals surface area (Å²) in [4.78, 5) is 17.7. The molecule has 3 N–H and O–H groups in total. The number of fused-ring (bicyclic) bond motifs is 1. The summed E-state index contributed by atoms with van der Waals surface area (Å²) in [5, 5.41) is 3.79. The van der Waals surface area contributed by atoms with Gasteiger partial charge in [0, 0.05) is 23.0 Å². The van der Waals surface area contributed by atoms with Gasteiger partial charge >= 0.3 is 0 Å². The van der Waals surface area contributed by atoms with Gasteiger partial charge in [-0.15, -0.1) is 24.8 Å². The summed E-state index contributed by atoms with van der Waals surface area (Å²) < 4.78 is 10.7. The Morgan fingerprint density at radius 3 is 2.33 bits per heavy atom. The summed E-state index contributed by atoms with van der Waals surface area (Å²) in [6.07, 6.45) is 0. The number of amides is 1. The third-order valence-electron chi connectivity index (χ3n) is 4.60. The van der Waals surface area contributed by atoms with Gasteiger partial charge in [-0.05, 0) is 44.2 Å². The highest BCUT2D eigenvalue weighted by molar-refractivity contribution is 6.07. The van der Waals surface area contributed by atoms with Crippen LogP contribution >= 0.6 is 24.8 Å². The number of hydrogen-bond donors (Lipinski definition) is 2. The van der Waals surface area contributed by atoms with E-state index in [1.165, 1.54) is 0 Å². The Balaban J connectivity index is 0.00000225. The molecule has 0 saturated heterocycles. The van der Waals surface area contributed by atoms with Crippen molar-refractivity contribution in [2.45, 2.75) is 19.4 Å². The van der Waals surface area contributed by atoms with E-state index >= 15 is 0 Å². The lowest BCUT2D eigenvalue weighted by Crippen LogP contribution is -2.48. The normalized spacial score (nSPS) is 10.6. The summed E-state index contributed by atoms with van der Waals surface area (Å²) in [5.41, 5.74) is 8.06. The van der Waals surface area contributed by atoms with Crippen molar-refractivity contribution < 1.29 is 14.3 Å². The van der Waals surface area contributed by atoms with Crippen molar-refractivity contribution >= 4 is 41.6 Å². The molecule has 162 valence electrons. The second-order valence-corrected chi connectivity index (χ2v) is 7.18. The fourth-order valence-corrected chi connectivity index (χ4v) is 2.93. The SMILES string of the molecule is COc1ccc(-c2cc(C(=O)NC(C)(C)CN)c3ccccc3n2)cc1OC.Cl.Cl. The molecule has 2 aromatic carbocycles. The molecule has 0 radical (unpaired) electrons. The minimum atomic E-state index is -0.509. The van der Waals surface area contributed by atoms with E-state index in [-0.39, 0.29) is 30.7 Å². The zero-order valence-electron chi connectivity index (χ0n) is 17.4. The van der Waals surface area contributed by atoms with Crippen molar-refractivity contribution in [3.8, 4) is 22.8 Å². The maximum absolute atomic E-state index is 13.0. The first kappa shape index (κ1) is 25.5. The third-order valence-corrected chi connectivity index (χ3v) is 4.60. The van der Waals surface area contributed by atoms with Crippen molar-refractivity contribution in [2.24, 2.45) is 5.73 Å². The fourth-order valence-electron chi connectivity index (χ4n) is 2.93. The number of aromatic nitrogens is 1. The standard InChI is InChI=1S/C22H25N3O3.2ClH/c1-22(2,13-23)25-21(26)16-12-18(24-17-8-6-5-7-15(16)17)14-9-10-19(27-3)20(11-14)28-4;;/h5-12H,13,23H2,1-4H3,(H,25,26);2*1H. The molecule has 3 rings (SSSR count). The molecular weight excluding hydrogens is 425 g/mol. The van der Waals surface area contributed by atoms with Gasteiger partial charge in [0.15, 0.2) is 11.5 Å². The van der Waals surface area contributed by atoms with E-state index in [1.807, 2.05) is 56.3 Å². The smallest absolute Gasteiger partial charge is 0.252 e. The number of para-hydroxylation sites is 1. The number of nitrogens with zero attached hydrogens (tertiary/aromatic N) is 1. The highest BCUT2D eigenvalue weighted by Crippen LogP contribution is 2.33. The predicted molar refractivity (Wildman–Crippen MR) is 125 cm³/mol. The molecule has 30 heavy (non-hydrogen) atoms. The minimum Gasteiger partial charge on any atom is -0.493 e. The number of ether oxygens (including phenoxy) is 2. The molecule has 0 aliphatic carbocycles. The molecule has 0 atom stereocenters. The van der Waals surface area contributed by atoms with Gasteiger partial charge < -0.3 is 20.5 Å². The molecule has 1 heterocycles. The van der Waals surface area contributed by atoms with Crippen LogP contribution in [0.5, 0.6) is 11.5 Å². The average Bonchev–Trinajstić information content (AvgIpc) is 2.72. The molecule has 6 nitrogen and oxygen atoms in total. The Hall–Kier alpha value is -2.54. The van der Waals surface area contributed by atoms with Crippen LogP contribution in [0, 0.1) is 0 Å². The van der Waals surface area contributed by atoms with Crippen LogP contribution in [0.2, 0.25) is 0 Å². The number of nitrogens with one attached hydrogen (secondary N) is 1. The summed E-state index contributed by atoms with van der Waals surface area (Å²) in [6, 6.07) is 14.9. The summed E-state index contributed by atoms with van der Waals surface area (Å²) in [7, 11) is 3.18. The van der Waals surface area contributed by atoms with Crippen molar-refractivity contribution in [2.75, 3.05) is 20.8 Å². The van der Waals surface area contributed by atoms with E-state index in [9.17, 15) is 4.79 Å². The summed E-state index contributed by atoms with van der Waals surface area (Å²) in [5.74, 6) is 1.05. The van der Waals surface area contributed by atoms with Crippen molar-refractivity contribution in [1.82, 2.24) is 10.3 Å². The highest BCUT2D eigenvalue weighted by Gasteiger charge is 2.22. The maximum Gasteiger partial charge on any atom is 0.252 e. The van der Waals surface area contributed by atoms with Gasteiger partial charge in [-0.3, -0.25) is 4.79 Å². The van der Waals surface area contributed by atoms with Gasteiger partial charge in [0.2, 0.25) is 0 Å². The molecule has 0 bridgehead atoms. The minimum absolute atomic E-state index is 0. The number of carbonyl (C=O) groups excluding carboxylic acids is 1. The second kappa shape index (κ2) is 10.5. The number of pyridine rings is 1. The molecule has 3 aromatic rings. The molecule has 0 fully saturated rings. The Bertz CT molecular complexity index is 1030. The van der Waals surface area contributed by atoms with E-state index in [0.717, 1.165) is 16.5 Å². The van der Waals surface area contributed by atoms with Crippen molar-refractivity contribution in [3.05, 3.63) is 54.1 Å². The summed E-state index contributed by atoms with van der Waals surface area (Å²) in [6.45, 7) is 4.12. The first-order valence-corrected chi connectivity index (χ1v) is 9.03. The molecule has 0 aliphatic heterocycles. The van der Waals surface area contributed by atoms with E-state index in [4.69, 9.17) is 20.2 Å². The van der Waals surface area contributed by atoms with Crippen LogP contribution in [-0.2, 0) is 0 Å². The molecule has 0 unspecified atom stereocenters. The first-order valence-electron chi connectivity index (χ1n) is 9.03. The lowest BCUT2D eigenvalue weighted by Gasteiger charge is -2.24. The first-order chi connectivity index (χ1) is 13.4. The summed E-state index contributed by atoms with van der Waals surface area (Å²) >= 11 is 0. The zero-order valence-corrected chi connectivity index (χ0v) is 19.0. The van der Waals surface area contributed by atoms with Crippen LogP contribution < -0.4 is 20.5 Å². The highest BCUT2D eigenvalue weighted by atomic mass is 35.5. The number of nitrogens with two attached hydrogens (primary N) is 1. The van der Waals surface area contributed by atoms with Gasteiger partial charge in [0.05, 0.1) is 31.0 Å². The zero-order chi connectivity index (χ0) is 20.3. The molecule has 0 saturated carbocycles. The monoisotopic (exact) mass is 451 g/mol. The molecule has 0 aliphatic rings. The number of rotatable bonds is 6. The predicted octanol–water partition coefficient (Wildman–Crippen LogP) is 4.23. The van der Waals surface area contributed by atoms with Gasteiger partial charge in [-0.25, -0.2) is 4.98 Å². The Kier molecular flexibility index (Phi) is 8.90. The molecule has 8 heteroatoms. The largest absolute Gasteiger partial charge is 0.493 e. The van der Waals surface area contributed by atoms with Crippen LogP contribution in [0.3, 0.4) is 0 Å².